The Bertz CT molecular complexity index is 923. The third kappa shape index (κ3) is 4.30. The molecule has 1 aromatic carbocycles. The Morgan fingerprint density at radius 3 is 2.54 bits per heavy atom. The number of hydrogen-bond donors (Lipinski definition) is 0. The second-order valence-corrected chi connectivity index (χ2v) is 8.26. The van der Waals surface area contributed by atoms with Gasteiger partial charge >= 0.3 is 6.18 Å². The van der Waals surface area contributed by atoms with E-state index in [1.54, 1.807) is 0 Å². The van der Waals surface area contributed by atoms with E-state index in [4.69, 9.17) is 16.3 Å². The van der Waals surface area contributed by atoms with Crippen LogP contribution >= 0.6 is 27.5 Å². The van der Waals surface area contributed by atoms with Crippen molar-refractivity contribution in [3.63, 3.8) is 0 Å². The SMILES string of the molecule is COCN(c1cc(Cl)cnc1Br)S(=O)(=O)c1ccc(C)c(C(F)(F)F)c1. The molecule has 0 amide bonds. The molecule has 2 rings (SSSR count). The monoisotopic (exact) mass is 472 g/mol. The Hall–Kier alpha value is -1.36. The van der Waals surface area contributed by atoms with Crippen LogP contribution in [0.4, 0.5) is 18.9 Å². The summed E-state index contributed by atoms with van der Waals surface area (Å²) >= 11 is 8.98. The Morgan fingerprint density at radius 1 is 1.31 bits per heavy atom. The summed E-state index contributed by atoms with van der Waals surface area (Å²) in [7, 11) is -3.12. The Labute approximate surface area is 161 Å². The van der Waals surface area contributed by atoms with E-state index in [0.717, 1.165) is 16.4 Å². The Kier molecular flexibility index (Phi) is 6.21. The summed E-state index contributed by atoms with van der Waals surface area (Å²) in [5.74, 6) is 0. The topological polar surface area (TPSA) is 59.5 Å². The molecule has 0 bridgehead atoms. The minimum absolute atomic E-state index is 0.0356. The van der Waals surface area contributed by atoms with Crippen LogP contribution in [0.3, 0.4) is 0 Å². The van der Waals surface area contributed by atoms with Gasteiger partial charge in [-0.05, 0) is 46.6 Å². The van der Waals surface area contributed by atoms with Crippen molar-refractivity contribution >= 4 is 43.2 Å². The van der Waals surface area contributed by atoms with Gasteiger partial charge in [0.05, 0.1) is 21.2 Å². The van der Waals surface area contributed by atoms with Crippen LogP contribution < -0.4 is 4.31 Å². The molecule has 0 radical (unpaired) electrons. The molecule has 0 aliphatic carbocycles. The molecule has 0 fully saturated rings. The molecule has 0 saturated carbocycles. The third-order valence-electron chi connectivity index (χ3n) is 3.40. The Balaban J connectivity index is 2.64. The molecule has 11 heteroatoms. The summed E-state index contributed by atoms with van der Waals surface area (Å²) in [5, 5.41) is 0.152. The van der Waals surface area contributed by atoms with E-state index in [0.29, 0.717) is 6.07 Å². The van der Waals surface area contributed by atoms with Crippen molar-refractivity contribution < 1.29 is 26.3 Å². The van der Waals surface area contributed by atoms with Gasteiger partial charge in [-0.25, -0.2) is 17.7 Å². The van der Waals surface area contributed by atoms with Gasteiger partial charge in [0.25, 0.3) is 10.0 Å². The van der Waals surface area contributed by atoms with Crippen LogP contribution in [0.5, 0.6) is 0 Å². The summed E-state index contributed by atoms with van der Waals surface area (Å²) in [4.78, 5) is 3.37. The second-order valence-electron chi connectivity index (χ2n) is 5.21. The van der Waals surface area contributed by atoms with Crippen LogP contribution in [0, 0.1) is 6.92 Å². The minimum Gasteiger partial charge on any atom is -0.363 e. The number of ether oxygens (including phenoxy) is 1. The molecular weight excluding hydrogens is 461 g/mol. The van der Waals surface area contributed by atoms with Crippen LogP contribution in [-0.4, -0.2) is 27.2 Å². The molecule has 0 N–H and O–H groups in total. The van der Waals surface area contributed by atoms with Gasteiger partial charge in [-0.1, -0.05) is 17.7 Å². The van der Waals surface area contributed by atoms with Crippen molar-refractivity contribution in [2.45, 2.75) is 18.0 Å². The molecule has 5 nitrogen and oxygen atoms in total. The zero-order valence-electron chi connectivity index (χ0n) is 13.5. The number of sulfonamides is 1. The van der Waals surface area contributed by atoms with Crippen molar-refractivity contribution in [2.75, 3.05) is 18.1 Å². The molecule has 1 heterocycles. The van der Waals surface area contributed by atoms with E-state index in [1.807, 2.05) is 0 Å². The van der Waals surface area contributed by atoms with E-state index in [-0.39, 0.29) is 20.9 Å². The van der Waals surface area contributed by atoms with Crippen LogP contribution in [0.15, 0.2) is 40.0 Å². The van der Waals surface area contributed by atoms with Gasteiger partial charge in [0.15, 0.2) is 0 Å². The van der Waals surface area contributed by atoms with E-state index in [1.165, 1.54) is 26.3 Å². The lowest BCUT2D eigenvalue weighted by atomic mass is 10.1. The van der Waals surface area contributed by atoms with Crippen LogP contribution in [0.1, 0.15) is 11.1 Å². The molecule has 26 heavy (non-hydrogen) atoms. The van der Waals surface area contributed by atoms with E-state index >= 15 is 0 Å². The lowest BCUT2D eigenvalue weighted by molar-refractivity contribution is -0.138. The first-order chi connectivity index (χ1) is 12.0. The highest BCUT2D eigenvalue weighted by Crippen LogP contribution is 2.36. The standard InChI is InChI=1S/C15H13BrClF3N2O3S/c1-9-3-4-11(6-12(9)15(18,19)20)26(23,24)22(8-25-2)13-5-10(17)7-21-14(13)16/h3-7H,8H2,1-2H3. The fourth-order valence-corrected chi connectivity index (χ4v) is 4.27. The summed E-state index contributed by atoms with van der Waals surface area (Å²) in [6.07, 6.45) is -3.39. The van der Waals surface area contributed by atoms with Gasteiger partial charge in [0.1, 0.15) is 11.3 Å². The zero-order valence-corrected chi connectivity index (χ0v) is 16.7. The number of halogens is 5. The second kappa shape index (κ2) is 7.71. The number of benzene rings is 1. The van der Waals surface area contributed by atoms with Crippen molar-refractivity contribution in [2.24, 2.45) is 0 Å². The first-order valence-electron chi connectivity index (χ1n) is 6.99. The number of alkyl halides is 3. The highest BCUT2D eigenvalue weighted by molar-refractivity contribution is 9.10. The quantitative estimate of drug-likeness (QED) is 0.469. The van der Waals surface area contributed by atoms with Crippen LogP contribution in [0.25, 0.3) is 0 Å². The van der Waals surface area contributed by atoms with Gasteiger partial charge in [-0.15, -0.1) is 0 Å². The maximum atomic E-state index is 13.1. The smallest absolute Gasteiger partial charge is 0.363 e. The van der Waals surface area contributed by atoms with Crippen molar-refractivity contribution in [1.82, 2.24) is 4.98 Å². The number of rotatable bonds is 5. The van der Waals surface area contributed by atoms with Gasteiger partial charge in [-0.3, -0.25) is 0 Å². The molecule has 1 aromatic heterocycles. The first kappa shape index (κ1) is 20.9. The van der Waals surface area contributed by atoms with E-state index < -0.39 is 33.4 Å². The van der Waals surface area contributed by atoms with Crippen molar-refractivity contribution in [3.05, 3.63) is 51.2 Å². The largest absolute Gasteiger partial charge is 0.416 e. The van der Waals surface area contributed by atoms with Gasteiger partial charge in [0.2, 0.25) is 0 Å². The maximum Gasteiger partial charge on any atom is 0.416 e. The number of anilines is 1. The summed E-state index contributed by atoms with van der Waals surface area (Å²) in [6.45, 7) is 0.807. The molecule has 0 aliphatic heterocycles. The predicted molar refractivity (Wildman–Crippen MR) is 94.7 cm³/mol. The predicted octanol–water partition coefficient (Wildman–Crippen LogP) is 4.62. The maximum absolute atomic E-state index is 13.1. The molecule has 0 atom stereocenters. The summed E-state index contributed by atoms with van der Waals surface area (Å²) in [6, 6.07) is 4.12. The average molecular weight is 474 g/mol. The number of aryl methyl sites for hydroxylation is 1. The summed E-state index contributed by atoms with van der Waals surface area (Å²) < 4.78 is 71.2. The van der Waals surface area contributed by atoms with Gasteiger partial charge in [0, 0.05) is 13.3 Å². The number of methoxy groups -OCH3 is 1. The van der Waals surface area contributed by atoms with Gasteiger partial charge in [-0.2, -0.15) is 13.2 Å². The van der Waals surface area contributed by atoms with Gasteiger partial charge < -0.3 is 4.74 Å². The zero-order chi connectivity index (χ0) is 19.7. The third-order valence-corrected chi connectivity index (χ3v) is 5.95. The fourth-order valence-electron chi connectivity index (χ4n) is 2.17. The van der Waals surface area contributed by atoms with Crippen molar-refractivity contribution in [3.8, 4) is 0 Å². The van der Waals surface area contributed by atoms with E-state index in [9.17, 15) is 21.6 Å². The lowest BCUT2D eigenvalue weighted by Crippen LogP contribution is -2.33. The molecule has 142 valence electrons. The van der Waals surface area contributed by atoms with E-state index in [2.05, 4.69) is 20.9 Å². The number of nitrogens with zero attached hydrogens (tertiary/aromatic N) is 2. The van der Waals surface area contributed by atoms with Crippen molar-refractivity contribution in [1.29, 1.82) is 0 Å². The number of hydrogen-bond acceptors (Lipinski definition) is 4. The molecule has 0 unspecified atom stereocenters. The minimum atomic E-state index is -4.68. The highest BCUT2D eigenvalue weighted by Gasteiger charge is 2.35. The Morgan fingerprint density at radius 2 is 1.96 bits per heavy atom. The fraction of sp³-hybridized carbons (Fsp3) is 0.267. The molecular formula is C15H13BrClF3N2O3S. The average Bonchev–Trinajstić information content (AvgIpc) is 2.54. The summed E-state index contributed by atoms with van der Waals surface area (Å²) in [5.41, 5.74) is -1.08. The number of aromatic nitrogens is 1. The normalized spacial score (nSPS) is 12.3. The van der Waals surface area contributed by atoms with Crippen LogP contribution in [0.2, 0.25) is 5.02 Å². The molecule has 0 saturated heterocycles. The number of pyridine rings is 1. The molecule has 2 aromatic rings. The first-order valence-corrected chi connectivity index (χ1v) is 9.60. The molecule has 0 spiro atoms. The highest BCUT2D eigenvalue weighted by atomic mass is 79.9. The van der Waals surface area contributed by atoms with Crippen LogP contribution in [-0.2, 0) is 20.9 Å². The molecule has 0 aliphatic rings. The lowest BCUT2D eigenvalue weighted by Gasteiger charge is -2.25.